The summed E-state index contributed by atoms with van der Waals surface area (Å²) < 4.78 is 44.2. The van der Waals surface area contributed by atoms with Gasteiger partial charge in [0.05, 0.1) is 11.3 Å². The largest absolute Gasteiger partial charge is 0.481 e. The van der Waals surface area contributed by atoms with Crippen LogP contribution < -0.4 is 10.1 Å². The van der Waals surface area contributed by atoms with Crippen molar-refractivity contribution < 1.29 is 22.7 Å². The van der Waals surface area contributed by atoms with Crippen LogP contribution in [0.2, 0.25) is 0 Å². The SMILES string of the molecule is C#CCOc1ccc(C=C(C#N)C(=O)Nc2ccccc2C(F)(F)F)cc1. The van der Waals surface area contributed by atoms with E-state index >= 15 is 0 Å². The molecule has 4 nitrogen and oxygen atoms in total. The van der Waals surface area contributed by atoms with Crippen LogP contribution in [0.25, 0.3) is 6.08 Å². The Labute approximate surface area is 153 Å². The number of rotatable bonds is 5. The molecule has 0 fully saturated rings. The van der Waals surface area contributed by atoms with Gasteiger partial charge in [-0.25, -0.2) is 0 Å². The van der Waals surface area contributed by atoms with Gasteiger partial charge in [-0.3, -0.25) is 4.79 Å². The number of nitriles is 1. The molecule has 0 saturated heterocycles. The molecule has 2 rings (SSSR count). The van der Waals surface area contributed by atoms with E-state index in [0.717, 1.165) is 12.1 Å². The number of hydrogen-bond acceptors (Lipinski definition) is 3. The number of halogens is 3. The normalized spacial score (nSPS) is 11.2. The lowest BCUT2D eigenvalue weighted by molar-refractivity contribution is -0.137. The molecule has 0 aromatic heterocycles. The summed E-state index contributed by atoms with van der Waals surface area (Å²) in [7, 11) is 0. The quantitative estimate of drug-likeness (QED) is 0.486. The zero-order chi connectivity index (χ0) is 19.9. The van der Waals surface area contributed by atoms with Crippen LogP contribution in [0, 0.1) is 23.7 Å². The van der Waals surface area contributed by atoms with Gasteiger partial charge in [-0.2, -0.15) is 18.4 Å². The summed E-state index contributed by atoms with van der Waals surface area (Å²) in [5.74, 6) is 1.88. The average molecular weight is 370 g/mol. The first-order chi connectivity index (χ1) is 12.8. The topological polar surface area (TPSA) is 62.1 Å². The second-order valence-electron chi connectivity index (χ2n) is 5.23. The third-order valence-corrected chi connectivity index (χ3v) is 3.36. The summed E-state index contributed by atoms with van der Waals surface area (Å²) in [6, 6.07) is 12.6. The summed E-state index contributed by atoms with van der Waals surface area (Å²) >= 11 is 0. The molecular formula is C20H13F3N2O2. The van der Waals surface area contributed by atoms with Crippen molar-refractivity contribution >= 4 is 17.7 Å². The molecule has 136 valence electrons. The first-order valence-corrected chi connectivity index (χ1v) is 7.61. The van der Waals surface area contributed by atoms with Gasteiger partial charge < -0.3 is 10.1 Å². The predicted octanol–water partition coefficient (Wildman–Crippen LogP) is 4.26. The summed E-state index contributed by atoms with van der Waals surface area (Å²) in [6.07, 6.45) is 1.72. The maximum absolute atomic E-state index is 13.0. The lowest BCUT2D eigenvalue weighted by Crippen LogP contribution is -2.17. The number of ether oxygens (including phenoxy) is 1. The molecule has 0 aliphatic rings. The van der Waals surface area contributed by atoms with Crippen LogP contribution in [0.3, 0.4) is 0 Å². The van der Waals surface area contributed by atoms with Gasteiger partial charge in [0.1, 0.15) is 24.0 Å². The molecule has 0 bridgehead atoms. The molecule has 7 heteroatoms. The Morgan fingerprint density at radius 3 is 2.44 bits per heavy atom. The number of nitrogens with one attached hydrogen (secondary N) is 1. The number of carbonyl (C=O) groups is 1. The van der Waals surface area contributed by atoms with Gasteiger partial charge in [0.2, 0.25) is 0 Å². The molecule has 0 spiro atoms. The molecule has 1 amide bonds. The van der Waals surface area contributed by atoms with Gasteiger partial charge in [-0.05, 0) is 35.9 Å². The van der Waals surface area contributed by atoms with Crippen molar-refractivity contribution in [3.8, 4) is 24.2 Å². The predicted molar refractivity (Wildman–Crippen MR) is 94.4 cm³/mol. The van der Waals surface area contributed by atoms with Crippen LogP contribution in [-0.2, 0) is 11.0 Å². The minimum absolute atomic E-state index is 0.0969. The fourth-order valence-electron chi connectivity index (χ4n) is 2.13. The van der Waals surface area contributed by atoms with Crippen LogP contribution >= 0.6 is 0 Å². The van der Waals surface area contributed by atoms with Crippen molar-refractivity contribution in [1.82, 2.24) is 0 Å². The van der Waals surface area contributed by atoms with Crippen molar-refractivity contribution in [2.75, 3.05) is 11.9 Å². The fraction of sp³-hybridized carbons (Fsp3) is 0.100. The third kappa shape index (κ3) is 5.38. The van der Waals surface area contributed by atoms with E-state index < -0.39 is 23.3 Å². The van der Waals surface area contributed by atoms with Crippen molar-refractivity contribution in [2.24, 2.45) is 0 Å². The van der Waals surface area contributed by atoms with Gasteiger partial charge in [-0.1, -0.05) is 30.2 Å². The smallest absolute Gasteiger partial charge is 0.418 e. The molecular weight excluding hydrogens is 357 g/mol. The van der Waals surface area contributed by atoms with Crippen LogP contribution in [0.4, 0.5) is 18.9 Å². The highest BCUT2D eigenvalue weighted by atomic mass is 19.4. The second kappa shape index (κ2) is 8.59. The zero-order valence-corrected chi connectivity index (χ0v) is 13.9. The number of benzene rings is 2. The minimum atomic E-state index is -4.63. The number of carbonyl (C=O) groups excluding carboxylic acids is 1. The van der Waals surface area contributed by atoms with Crippen molar-refractivity contribution in [3.63, 3.8) is 0 Å². The maximum Gasteiger partial charge on any atom is 0.418 e. The number of hydrogen-bond donors (Lipinski definition) is 1. The zero-order valence-electron chi connectivity index (χ0n) is 13.9. The summed E-state index contributed by atoms with van der Waals surface area (Å²) in [6.45, 7) is 0.0969. The molecule has 0 aliphatic carbocycles. The summed E-state index contributed by atoms with van der Waals surface area (Å²) in [5.41, 5.74) is -1.26. The number of alkyl halides is 3. The number of amides is 1. The summed E-state index contributed by atoms with van der Waals surface area (Å²) in [5, 5.41) is 11.3. The van der Waals surface area contributed by atoms with Crippen LogP contribution in [-0.4, -0.2) is 12.5 Å². The Bertz CT molecular complexity index is 933. The monoisotopic (exact) mass is 370 g/mol. The molecule has 0 radical (unpaired) electrons. The Balaban J connectivity index is 2.21. The van der Waals surface area contributed by atoms with E-state index in [1.54, 1.807) is 30.3 Å². The Hall–Kier alpha value is -3.71. The number of terminal acetylenes is 1. The Morgan fingerprint density at radius 1 is 1.19 bits per heavy atom. The number of para-hydroxylation sites is 1. The molecule has 1 N–H and O–H groups in total. The van der Waals surface area contributed by atoms with Gasteiger partial charge >= 0.3 is 6.18 Å². The fourth-order valence-corrected chi connectivity index (χ4v) is 2.13. The van der Waals surface area contributed by atoms with E-state index in [1.807, 2.05) is 0 Å². The molecule has 0 atom stereocenters. The van der Waals surface area contributed by atoms with Crippen LogP contribution in [0.5, 0.6) is 5.75 Å². The summed E-state index contributed by atoms with van der Waals surface area (Å²) in [4.78, 5) is 12.2. The van der Waals surface area contributed by atoms with Crippen LogP contribution in [0.15, 0.2) is 54.1 Å². The number of nitrogens with zero attached hydrogens (tertiary/aromatic N) is 1. The number of anilines is 1. The first kappa shape index (κ1) is 19.6. The maximum atomic E-state index is 13.0. The molecule has 0 saturated carbocycles. The molecule has 0 unspecified atom stereocenters. The van der Waals surface area contributed by atoms with Crippen molar-refractivity contribution in [3.05, 3.63) is 65.2 Å². The highest BCUT2D eigenvalue weighted by Crippen LogP contribution is 2.34. The average Bonchev–Trinajstić information content (AvgIpc) is 2.64. The van der Waals surface area contributed by atoms with E-state index in [-0.39, 0.29) is 12.2 Å². The van der Waals surface area contributed by atoms with Gasteiger partial charge in [-0.15, -0.1) is 6.42 Å². The van der Waals surface area contributed by atoms with Gasteiger partial charge in [0, 0.05) is 0 Å². The highest BCUT2D eigenvalue weighted by Gasteiger charge is 2.33. The molecule has 27 heavy (non-hydrogen) atoms. The standard InChI is InChI=1S/C20H13F3N2O2/c1-2-11-27-16-9-7-14(8-10-16)12-15(13-24)19(26)25-18-6-4-3-5-17(18)20(21,22)23/h1,3-10,12H,11H2,(H,25,26). The van der Waals surface area contributed by atoms with E-state index in [9.17, 15) is 23.2 Å². The second-order valence-corrected chi connectivity index (χ2v) is 5.23. The lowest BCUT2D eigenvalue weighted by atomic mass is 10.1. The molecule has 2 aromatic rings. The van der Waals surface area contributed by atoms with Crippen molar-refractivity contribution in [1.29, 1.82) is 5.26 Å². The first-order valence-electron chi connectivity index (χ1n) is 7.61. The Morgan fingerprint density at radius 2 is 1.85 bits per heavy atom. The highest BCUT2D eigenvalue weighted by molar-refractivity contribution is 6.10. The van der Waals surface area contributed by atoms with Crippen LogP contribution in [0.1, 0.15) is 11.1 Å². The third-order valence-electron chi connectivity index (χ3n) is 3.36. The Kier molecular flexibility index (Phi) is 6.24. The van der Waals surface area contributed by atoms with Crippen molar-refractivity contribution in [2.45, 2.75) is 6.18 Å². The van der Waals surface area contributed by atoms with E-state index in [0.29, 0.717) is 11.3 Å². The van der Waals surface area contributed by atoms with E-state index in [4.69, 9.17) is 11.2 Å². The van der Waals surface area contributed by atoms with E-state index in [1.165, 1.54) is 18.2 Å². The molecule has 0 heterocycles. The van der Waals surface area contributed by atoms with Gasteiger partial charge in [0.25, 0.3) is 5.91 Å². The van der Waals surface area contributed by atoms with Gasteiger partial charge in [0.15, 0.2) is 0 Å². The molecule has 0 aliphatic heterocycles. The van der Waals surface area contributed by atoms with E-state index in [2.05, 4.69) is 11.2 Å². The lowest BCUT2D eigenvalue weighted by Gasteiger charge is -2.13. The minimum Gasteiger partial charge on any atom is -0.481 e. The molecule has 2 aromatic carbocycles.